The molecule has 9 aromatic carbocycles. The Morgan fingerprint density at radius 2 is 0.568 bits per heavy atom. The van der Waals surface area contributed by atoms with E-state index in [-0.39, 0.29) is 107 Å². The molecule has 46 heteroatoms. The zero-order valence-electron chi connectivity index (χ0n) is 72.0. The van der Waals surface area contributed by atoms with Crippen LogP contribution >= 0.6 is 0 Å². The summed E-state index contributed by atoms with van der Waals surface area (Å²) in [6, 6.07) is 79.5. The predicted octanol–water partition coefficient (Wildman–Crippen LogP) is 12.9. The third kappa shape index (κ3) is 18.4. The molecule has 0 radical (unpaired) electrons. The fourth-order valence-electron chi connectivity index (χ4n) is 15.2. The van der Waals surface area contributed by atoms with E-state index in [9.17, 15) is 93.8 Å². The van der Waals surface area contributed by atoms with Gasteiger partial charge in [0, 0.05) is 64.9 Å². The van der Waals surface area contributed by atoms with E-state index >= 15 is 0 Å². The van der Waals surface area contributed by atoms with Crippen LogP contribution in [0.2, 0.25) is 0 Å². The third-order valence-corrected chi connectivity index (χ3v) is 44.0. The van der Waals surface area contributed by atoms with Gasteiger partial charge in [0.05, 0.1) is 70.9 Å². The smallest absolute Gasteiger partial charge is 0.279 e. The number of nitrogens with zero attached hydrogens (tertiary/aromatic N) is 11. The maximum atomic E-state index is 12.8. The van der Waals surface area contributed by atoms with Crippen LogP contribution in [0.15, 0.2) is 402 Å². The first kappa shape index (κ1) is 95.8. The molecular weight excluding hydrogens is 1990 g/mol. The number of carbonyl (C=O) groups excluding carboxylic acids is 2. The largest absolute Gasteiger partial charge is 0.379 e. The highest BCUT2D eigenvalue weighted by Gasteiger charge is 2.53. The molecule has 1 aliphatic carbocycles. The van der Waals surface area contributed by atoms with Crippen molar-refractivity contribution in [2.24, 2.45) is 0 Å². The Morgan fingerprint density at radius 3 is 0.871 bits per heavy atom. The van der Waals surface area contributed by atoms with Gasteiger partial charge in [-0.25, -0.2) is 9.97 Å². The van der Waals surface area contributed by atoms with Gasteiger partial charge in [-0.15, -0.1) is 0 Å². The number of sulfonamides is 10. The first-order valence-electron chi connectivity index (χ1n) is 41.4. The minimum atomic E-state index is -4.24. The summed E-state index contributed by atoms with van der Waals surface area (Å²) in [6.07, 6.45) is 11.6. The molecule has 11 heterocycles. The van der Waals surface area contributed by atoms with E-state index in [2.05, 4.69) is 45.9 Å². The molecule has 15 aromatic rings. The van der Waals surface area contributed by atoms with Crippen LogP contribution in [0.4, 0.5) is 51.4 Å². The lowest BCUT2D eigenvalue weighted by atomic mass is 10.1. The summed E-state index contributed by atoms with van der Waals surface area (Å²) in [5.74, 6) is 0.546. The van der Waals surface area contributed by atoms with Crippen LogP contribution in [-0.2, 0) is 125 Å². The van der Waals surface area contributed by atoms with Gasteiger partial charge in [0.1, 0.15) is 60.6 Å². The number of ketones is 2. The number of carbonyl (C=O) groups is 2. The van der Waals surface area contributed by atoms with Gasteiger partial charge >= 0.3 is 0 Å². The predicted molar refractivity (Wildman–Crippen MR) is 514 cm³/mol. The second-order valence-electron chi connectivity index (χ2n) is 31.1. The zero-order chi connectivity index (χ0) is 98.5. The summed E-state index contributed by atoms with van der Waals surface area (Å²) >= 11 is 0. The maximum Gasteiger partial charge on any atom is 0.279 e. The molecule has 36 nitrogen and oxygen atoms in total. The number of Topliss-reactive ketones (excluding diaryl/α,β-unsaturated/α-hetero) is 2. The molecule has 21 rings (SSSR count). The highest BCUT2D eigenvalue weighted by Crippen LogP contribution is 2.50. The molecule has 0 saturated heterocycles. The first-order chi connectivity index (χ1) is 66.2. The van der Waals surface area contributed by atoms with Crippen molar-refractivity contribution in [1.29, 1.82) is 0 Å². The summed E-state index contributed by atoms with van der Waals surface area (Å²) in [6.45, 7) is 2.39. The van der Waals surface area contributed by atoms with E-state index in [1.807, 2.05) is 49.4 Å². The minimum Gasteiger partial charge on any atom is -0.379 e. The highest BCUT2D eigenvalue weighted by atomic mass is 32.3. The van der Waals surface area contributed by atoms with Gasteiger partial charge in [-0.1, -0.05) is 91.0 Å². The Hall–Kier alpha value is -14.9. The topological polar surface area (TPSA) is 505 Å². The SMILES string of the molecule is Cc1ccc(CC(=O)c2ccc(N3S(=O)(=O)c4ccccc4S3(=O)=O)cc2)nc1.O=C(Cc1ccccn1)c1ccc(N2S(=O)(=O)c3ccccc3S2(=O)=O)cc1.O=S1(=O)c2ccccc2S(=O)(=O)N1c1ccc(NC2(c3ccccn3)CC2)cc1.O=S1(=O)c2ccccc2S(=O)(=O)N1c1ccc(NCc2ccccn2)cc1.O=S1(=O)c2ccccc2S(=O)(=O)N1c1ccc(Nc2ccccn2)nc1. The quantitative estimate of drug-likeness (QED) is 0.0633. The lowest BCUT2D eigenvalue weighted by molar-refractivity contribution is 0.0983. The number of fused-ring (bicyclic) bond motifs is 5. The Morgan fingerprint density at radius 1 is 0.273 bits per heavy atom. The molecule has 1 saturated carbocycles. The summed E-state index contributed by atoms with van der Waals surface area (Å²) in [5.41, 5.74) is 5.91. The molecule has 6 aliphatic rings. The average Bonchev–Trinajstić information content (AvgIpc) is 1.57. The molecule has 0 atom stereocenters. The van der Waals surface area contributed by atoms with E-state index in [1.165, 1.54) is 212 Å². The molecule has 0 spiro atoms. The van der Waals surface area contributed by atoms with Gasteiger partial charge in [0.15, 0.2) is 11.6 Å². The van der Waals surface area contributed by atoms with Crippen molar-refractivity contribution in [2.75, 3.05) is 34.5 Å². The molecule has 3 N–H and O–H groups in total. The van der Waals surface area contributed by atoms with E-state index in [0.717, 1.165) is 41.2 Å². The molecule has 139 heavy (non-hydrogen) atoms. The summed E-state index contributed by atoms with van der Waals surface area (Å²) < 4.78 is 257. The molecule has 0 unspecified atom stereocenters. The number of aryl methyl sites for hydroxylation is 1. The highest BCUT2D eigenvalue weighted by molar-refractivity contribution is 8.15. The van der Waals surface area contributed by atoms with Gasteiger partial charge in [-0.3, -0.25) is 29.5 Å². The van der Waals surface area contributed by atoms with Crippen LogP contribution in [0, 0.1) is 6.92 Å². The molecule has 1 fully saturated rings. The van der Waals surface area contributed by atoms with Crippen molar-refractivity contribution in [3.63, 3.8) is 0 Å². The average molecular weight is 2060 g/mol. The van der Waals surface area contributed by atoms with Crippen molar-refractivity contribution in [1.82, 2.24) is 29.9 Å². The molecule has 708 valence electrons. The molecular formula is C93H74N14O22S10. The fourth-order valence-corrected chi connectivity index (χ4v) is 37.4. The van der Waals surface area contributed by atoms with Gasteiger partial charge in [-0.2, -0.15) is 103 Å². The van der Waals surface area contributed by atoms with Crippen LogP contribution < -0.4 is 34.5 Å². The van der Waals surface area contributed by atoms with Gasteiger partial charge < -0.3 is 16.0 Å². The van der Waals surface area contributed by atoms with Gasteiger partial charge in [0.25, 0.3) is 100 Å². The molecule has 5 aliphatic heterocycles. The van der Waals surface area contributed by atoms with Crippen molar-refractivity contribution in [2.45, 2.75) is 93.6 Å². The molecule has 6 aromatic heterocycles. The van der Waals surface area contributed by atoms with E-state index in [0.29, 0.717) is 59.2 Å². The van der Waals surface area contributed by atoms with E-state index in [1.54, 1.807) is 97.7 Å². The van der Waals surface area contributed by atoms with Crippen molar-refractivity contribution in [3.8, 4) is 0 Å². The second-order valence-corrected chi connectivity index (χ2v) is 49.9. The zero-order valence-corrected chi connectivity index (χ0v) is 80.2. The Bertz CT molecular complexity index is 8340. The number of hydrogen-bond donors (Lipinski definition) is 3. The summed E-state index contributed by atoms with van der Waals surface area (Å²) in [7, 11) is -42.0. The van der Waals surface area contributed by atoms with Crippen LogP contribution in [0.3, 0.4) is 0 Å². The van der Waals surface area contributed by atoms with Crippen LogP contribution in [0.1, 0.15) is 61.9 Å². The third-order valence-electron chi connectivity index (χ3n) is 21.9. The lowest BCUT2D eigenvalue weighted by Gasteiger charge is -2.20. The summed E-state index contributed by atoms with van der Waals surface area (Å²) in [4.78, 5) is 47.6. The van der Waals surface area contributed by atoms with Crippen LogP contribution in [-0.4, -0.2) is 126 Å². The first-order valence-corrected chi connectivity index (χ1v) is 55.8. The maximum absolute atomic E-state index is 12.8. The summed E-state index contributed by atoms with van der Waals surface area (Å²) in [5, 5.41) is 9.54. The Balaban J connectivity index is 0.000000120. The van der Waals surface area contributed by atoms with Crippen LogP contribution in [0.25, 0.3) is 0 Å². The van der Waals surface area contributed by atoms with Crippen LogP contribution in [0.5, 0.6) is 0 Å². The van der Waals surface area contributed by atoms with Crippen molar-refractivity contribution >= 4 is 163 Å². The minimum absolute atomic E-state index is 0.0498. The number of aromatic nitrogens is 6. The normalized spacial score (nSPS) is 17.3. The number of hydrogen-bond acceptors (Lipinski definition) is 31. The standard InChI is InChI=1S/C20H17N3O4S2.C20H16N2O5S2.C19H14N2O5S2.C18H15N3O4S2.C16H12N4O4S2/c24-28(25)17-5-1-2-6-18(17)29(26,27)23(28)16-10-8-15(9-11-16)22-20(12-13-20)19-7-3-4-14-21-19;1-14-6-9-16(21-13-14)12-18(23)15-7-10-17(11-8-15)22-28(24,25)19-4-2-3-5-20(19)29(22,26)27;22-17(13-15-5-3-4-12-20-15)14-8-10-16(11-9-14)21-27(23,24)18-6-1-2-7-19(18)28(21,25)26;22-26(23)17-6-1-2-7-18(17)27(24,25)21(26)16-10-8-14(9-11-16)20-13-15-5-3-4-12-19-15;21-25(22)13-5-1-2-6-14(13)26(23,24)20(25)12-8-9-16(18-11-12)19-15-7-3-4-10-17-15/h1-11,14,22H,12-13H2;2-11,13H,12H2,1H3;1-12H,13H2;1-12,20H,13H2;1-11H,(H,17,18,19). The number of anilines is 9. The van der Waals surface area contributed by atoms with Gasteiger partial charge in [0.2, 0.25) is 0 Å². The number of nitrogens with one attached hydrogen (secondary N) is 3. The fraction of sp³-hybridized carbons (Fsp3) is 0.0753. The number of rotatable bonds is 19. The van der Waals surface area contributed by atoms with Crippen molar-refractivity contribution in [3.05, 3.63) is 392 Å². The Kier molecular flexibility index (Phi) is 25.7. The number of benzene rings is 9. The lowest BCUT2D eigenvalue weighted by Crippen LogP contribution is -2.30. The van der Waals surface area contributed by atoms with E-state index < -0.39 is 100 Å². The van der Waals surface area contributed by atoms with Crippen molar-refractivity contribution < 1.29 is 93.8 Å². The monoisotopic (exact) mass is 2060 g/mol. The number of pyridine rings is 6. The van der Waals surface area contributed by atoms with E-state index in [4.69, 9.17) is 0 Å². The Labute approximate surface area is 800 Å². The molecule has 0 amide bonds. The molecule has 0 bridgehead atoms. The van der Waals surface area contributed by atoms with Gasteiger partial charge in [-0.05, 0) is 250 Å². The second kappa shape index (κ2) is 37.2.